The fourth-order valence-corrected chi connectivity index (χ4v) is 4.13. The average molecular weight is 455 g/mol. The molecule has 190 valence electrons. The first-order chi connectivity index (χ1) is 15.4. The molecule has 0 spiro atoms. The van der Waals surface area contributed by atoms with Gasteiger partial charge in [0, 0.05) is 33.8 Å². The third-order valence-corrected chi connectivity index (χ3v) is 6.32. The molecule has 1 atom stereocenters. The zero-order chi connectivity index (χ0) is 24.2. The van der Waals surface area contributed by atoms with Crippen molar-refractivity contribution in [1.82, 2.24) is 9.80 Å². The average Bonchev–Trinajstić information content (AvgIpc) is 2.79. The molecule has 0 fully saturated rings. The molecule has 0 aromatic carbocycles. The number of rotatable bonds is 21. The zero-order valence-electron chi connectivity index (χ0n) is 22.3. The monoisotopic (exact) mass is 454 g/mol. The van der Waals surface area contributed by atoms with Crippen LogP contribution < -0.4 is 0 Å². The molecule has 5 heteroatoms. The van der Waals surface area contributed by atoms with Crippen molar-refractivity contribution < 1.29 is 14.3 Å². The second-order valence-corrected chi connectivity index (χ2v) is 9.32. The molecule has 0 rings (SSSR count). The maximum atomic E-state index is 13.3. The second-order valence-electron chi connectivity index (χ2n) is 9.32. The van der Waals surface area contributed by atoms with Crippen LogP contribution in [0.5, 0.6) is 0 Å². The highest BCUT2D eigenvalue weighted by atomic mass is 16.5. The molecule has 2 amide bonds. The van der Waals surface area contributed by atoms with Gasteiger partial charge in [-0.25, -0.2) is 0 Å². The van der Waals surface area contributed by atoms with Gasteiger partial charge in [-0.3, -0.25) is 9.59 Å². The third kappa shape index (κ3) is 13.4. The Labute approximate surface area is 199 Å². The first-order valence-corrected chi connectivity index (χ1v) is 13.6. The lowest BCUT2D eigenvalue weighted by molar-refractivity contribution is -0.153. The highest BCUT2D eigenvalue weighted by molar-refractivity contribution is 6.00. The summed E-state index contributed by atoms with van der Waals surface area (Å²) in [6, 6.07) is 0. The van der Waals surface area contributed by atoms with Crippen molar-refractivity contribution in [3.8, 4) is 0 Å². The van der Waals surface area contributed by atoms with E-state index in [-0.39, 0.29) is 17.9 Å². The number of ether oxygens (including phenoxy) is 1. The summed E-state index contributed by atoms with van der Waals surface area (Å²) in [7, 11) is 3.65. The van der Waals surface area contributed by atoms with Crippen molar-refractivity contribution >= 4 is 11.8 Å². The maximum Gasteiger partial charge on any atom is 0.237 e. The molecule has 0 N–H and O–H groups in total. The zero-order valence-corrected chi connectivity index (χ0v) is 22.3. The largest absolute Gasteiger partial charge is 0.377 e. The van der Waals surface area contributed by atoms with E-state index in [1.54, 1.807) is 9.80 Å². The minimum absolute atomic E-state index is 0.0822. The second kappa shape index (κ2) is 20.5. The first kappa shape index (κ1) is 30.9. The van der Waals surface area contributed by atoms with E-state index in [4.69, 9.17) is 4.74 Å². The van der Waals surface area contributed by atoms with E-state index in [1.165, 1.54) is 44.9 Å². The predicted molar refractivity (Wildman–Crippen MR) is 136 cm³/mol. The molecule has 5 nitrogen and oxygen atoms in total. The highest BCUT2D eigenvalue weighted by Crippen LogP contribution is 2.22. The van der Waals surface area contributed by atoms with E-state index in [1.807, 2.05) is 21.0 Å². The number of hydrogen-bond donors (Lipinski definition) is 0. The van der Waals surface area contributed by atoms with Gasteiger partial charge in [-0.15, -0.1) is 0 Å². The molecule has 0 bridgehead atoms. The Balaban J connectivity index is 4.99. The molecule has 0 aromatic rings. The standard InChI is InChI=1S/C27H54N2O3/c1-7-11-14-15-16-17-18-19-20-21-24(32-10-4)25(26(30)28(5)22-12-8-2)27(31)29(6)23-13-9-3/h24-25H,7-23H2,1-6H3. The Hall–Kier alpha value is -1.10. The van der Waals surface area contributed by atoms with Crippen molar-refractivity contribution in [2.45, 2.75) is 124 Å². The van der Waals surface area contributed by atoms with Gasteiger partial charge in [-0.05, 0) is 26.2 Å². The van der Waals surface area contributed by atoms with E-state index in [0.29, 0.717) is 19.7 Å². The van der Waals surface area contributed by atoms with Gasteiger partial charge in [-0.2, -0.15) is 0 Å². The van der Waals surface area contributed by atoms with Gasteiger partial charge in [0.15, 0.2) is 0 Å². The molecular weight excluding hydrogens is 400 g/mol. The third-order valence-electron chi connectivity index (χ3n) is 6.32. The molecule has 0 saturated heterocycles. The number of amides is 2. The summed E-state index contributed by atoms with van der Waals surface area (Å²) >= 11 is 0. The van der Waals surface area contributed by atoms with Crippen molar-refractivity contribution in [1.29, 1.82) is 0 Å². The summed E-state index contributed by atoms with van der Waals surface area (Å²) in [6.45, 7) is 10.3. The summed E-state index contributed by atoms with van der Waals surface area (Å²) in [4.78, 5) is 30.2. The lowest BCUT2D eigenvalue weighted by Gasteiger charge is -2.32. The van der Waals surface area contributed by atoms with Gasteiger partial charge >= 0.3 is 0 Å². The molecule has 0 aromatic heterocycles. The Kier molecular flexibility index (Phi) is 19.8. The summed E-state index contributed by atoms with van der Waals surface area (Å²) in [5.74, 6) is -0.893. The van der Waals surface area contributed by atoms with Crippen molar-refractivity contribution in [3.05, 3.63) is 0 Å². The first-order valence-electron chi connectivity index (χ1n) is 13.6. The van der Waals surface area contributed by atoms with Crippen LogP contribution in [0.1, 0.15) is 118 Å². The van der Waals surface area contributed by atoms with Crippen LogP contribution in [0.3, 0.4) is 0 Å². The number of carbonyl (C=O) groups excluding carboxylic acids is 2. The topological polar surface area (TPSA) is 49.9 Å². The molecule has 1 unspecified atom stereocenters. The number of nitrogens with zero attached hydrogens (tertiary/aromatic N) is 2. The molecule has 0 aliphatic carbocycles. The fraction of sp³-hybridized carbons (Fsp3) is 0.926. The van der Waals surface area contributed by atoms with Crippen molar-refractivity contribution in [3.63, 3.8) is 0 Å². The van der Waals surface area contributed by atoms with Crippen LogP contribution >= 0.6 is 0 Å². The van der Waals surface area contributed by atoms with Crippen LogP contribution in [-0.4, -0.2) is 61.5 Å². The molecule has 32 heavy (non-hydrogen) atoms. The van der Waals surface area contributed by atoms with Crippen molar-refractivity contribution in [2.75, 3.05) is 33.8 Å². The van der Waals surface area contributed by atoms with E-state index in [9.17, 15) is 9.59 Å². The predicted octanol–water partition coefficient (Wildman–Crippen LogP) is 6.45. The molecule has 0 aliphatic heterocycles. The molecule has 0 saturated carbocycles. The lowest BCUT2D eigenvalue weighted by Crippen LogP contribution is -2.49. The number of hydrogen-bond acceptors (Lipinski definition) is 3. The van der Waals surface area contributed by atoms with Gasteiger partial charge in [0.2, 0.25) is 11.8 Å². The summed E-state index contributed by atoms with van der Waals surface area (Å²) in [5.41, 5.74) is 0. The van der Waals surface area contributed by atoms with E-state index in [0.717, 1.165) is 44.9 Å². The highest BCUT2D eigenvalue weighted by Gasteiger charge is 2.38. The van der Waals surface area contributed by atoms with E-state index in [2.05, 4.69) is 20.8 Å². The number of carbonyl (C=O) groups is 2. The van der Waals surface area contributed by atoms with Gasteiger partial charge in [-0.1, -0.05) is 91.4 Å². The Bertz CT molecular complexity index is 444. The summed E-state index contributed by atoms with van der Waals surface area (Å²) < 4.78 is 6.03. The Morgan fingerprint density at radius 3 is 1.44 bits per heavy atom. The molecular formula is C27H54N2O3. The summed E-state index contributed by atoms with van der Waals surface area (Å²) in [5, 5.41) is 0. The van der Waals surface area contributed by atoms with Gasteiger partial charge in [0.25, 0.3) is 0 Å². The van der Waals surface area contributed by atoms with Gasteiger partial charge in [0.05, 0.1) is 6.10 Å². The van der Waals surface area contributed by atoms with E-state index < -0.39 is 5.92 Å². The van der Waals surface area contributed by atoms with Gasteiger partial charge in [0.1, 0.15) is 5.92 Å². The van der Waals surface area contributed by atoms with Crippen LogP contribution in [0.2, 0.25) is 0 Å². The lowest BCUT2D eigenvalue weighted by atomic mass is 9.93. The number of unbranched alkanes of at least 4 members (excludes halogenated alkanes) is 10. The smallest absolute Gasteiger partial charge is 0.237 e. The minimum Gasteiger partial charge on any atom is -0.377 e. The normalized spacial score (nSPS) is 12.2. The maximum absolute atomic E-state index is 13.3. The van der Waals surface area contributed by atoms with Crippen LogP contribution in [0.4, 0.5) is 0 Å². The SMILES string of the molecule is CCCCCCCCCCCC(OCC)C(C(=O)N(C)CCCC)C(=O)N(C)CCCC. The van der Waals surface area contributed by atoms with E-state index >= 15 is 0 Å². The fourth-order valence-electron chi connectivity index (χ4n) is 4.13. The Morgan fingerprint density at radius 2 is 1.03 bits per heavy atom. The van der Waals surface area contributed by atoms with Crippen LogP contribution in [0.15, 0.2) is 0 Å². The minimum atomic E-state index is -0.729. The molecule has 0 radical (unpaired) electrons. The Morgan fingerprint density at radius 1 is 0.625 bits per heavy atom. The van der Waals surface area contributed by atoms with Crippen LogP contribution in [-0.2, 0) is 14.3 Å². The quantitative estimate of drug-likeness (QED) is 0.148. The summed E-state index contributed by atoms with van der Waals surface area (Å²) in [6.07, 6.45) is 15.7. The molecule has 0 heterocycles. The van der Waals surface area contributed by atoms with Gasteiger partial charge < -0.3 is 14.5 Å². The molecule has 0 aliphatic rings. The van der Waals surface area contributed by atoms with Crippen LogP contribution in [0, 0.1) is 5.92 Å². The van der Waals surface area contributed by atoms with Crippen LogP contribution in [0.25, 0.3) is 0 Å². The van der Waals surface area contributed by atoms with Crippen molar-refractivity contribution in [2.24, 2.45) is 5.92 Å².